The minimum absolute atomic E-state index is 0.0269. The number of hydrogen-bond acceptors (Lipinski definition) is 19. The second-order valence-electron chi connectivity index (χ2n) is 21.1. The number of carbonyl (C=O) groups is 17. The number of nitrogens with one attached hydrogen (secondary N) is 10. The fraction of sp³-hybridized carbons (Fsp3) is 0.673. The topological polar surface area (TPSA) is 607 Å². The summed E-state index contributed by atoms with van der Waals surface area (Å²) in [5.74, 6) is -20.1. The lowest BCUT2D eigenvalue weighted by Gasteiger charge is -2.29. The summed E-state index contributed by atoms with van der Waals surface area (Å²) < 4.78 is 0. The van der Waals surface area contributed by atoms with Crippen LogP contribution < -0.4 is 87.6 Å². The molecule has 0 aromatic heterocycles. The highest BCUT2D eigenvalue weighted by Crippen LogP contribution is 2.14. The van der Waals surface area contributed by atoms with Crippen molar-refractivity contribution in [3.8, 4) is 0 Å². The zero-order valence-corrected chi connectivity index (χ0v) is 51.0. The average molecular weight is 1270 g/mol. The maximum absolute atomic E-state index is 14.2. The van der Waals surface area contributed by atoms with E-state index in [0.717, 1.165) is 6.92 Å². The summed E-state index contributed by atoms with van der Waals surface area (Å²) in [6.07, 6.45) is -3.72. The number of aliphatic carboxylic acids is 2. The van der Waals surface area contributed by atoms with Crippen molar-refractivity contribution in [2.24, 2.45) is 46.2 Å². The van der Waals surface area contributed by atoms with E-state index in [9.17, 15) is 91.7 Å². The average Bonchev–Trinajstić information content (AvgIpc) is 3.42. The summed E-state index contributed by atoms with van der Waals surface area (Å²) in [6.45, 7) is 7.70. The van der Waals surface area contributed by atoms with Crippen molar-refractivity contribution >= 4 is 112 Å². The van der Waals surface area contributed by atoms with E-state index in [1.165, 1.54) is 18.7 Å². The molecule has 0 aromatic rings. The molecule has 88 heavy (non-hydrogen) atoms. The first-order valence-corrected chi connectivity index (χ1v) is 29.5. The maximum Gasteiger partial charge on any atom is 0.305 e. The van der Waals surface area contributed by atoms with Gasteiger partial charge in [-0.25, -0.2) is 0 Å². The molecular weight excluding hydrogens is 1180 g/mol. The summed E-state index contributed by atoms with van der Waals surface area (Å²) in [5.41, 5.74) is 32.3. The number of amides is 15. The van der Waals surface area contributed by atoms with Gasteiger partial charge in [0, 0.05) is 26.2 Å². The van der Waals surface area contributed by atoms with Crippen molar-refractivity contribution in [1.82, 2.24) is 53.2 Å². The number of unbranched alkanes of at least 4 members (excludes halogenated alkanes) is 1. The maximum atomic E-state index is 14.2. The van der Waals surface area contributed by atoms with E-state index in [-0.39, 0.29) is 50.8 Å². The highest BCUT2D eigenvalue weighted by Gasteiger charge is 2.38. The molecule has 0 aliphatic rings. The van der Waals surface area contributed by atoms with Crippen molar-refractivity contribution in [3.63, 3.8) is 0 Å². The Hall–Kier alpha value is -8.70. The largest absolute Gasteiger partial charge is 0.481 e. The molecule has 0 bridgehead atoms. The Morgan fingerprint density at radius 2 is 0.773 bits per heavy atom. The third kappa shape index (κ3) is 32.7. The van der Waals surface area contributed by atoms with Gasteiger partial charge in [0.15, 0.2) is 0 Å². The van der Waals surface area contributed by atoms with E-state index in [1.54, 1.807) is 27.0 Å². The molecule has 15 amide bonds. The van der Waals surface area contributed by atoms with Crippen LogP contribution >= 0.6 is 11.8 Å². The first-order chi connectivity index (χ1) is 41.1. The fourth-order valence-corrected chi connectivity index (χ4v) is 8.68. The van der Waals surface area contributed by atoms with Gasteiger partial charge in [-0.3, -0.25) is 81.5 Å². The molecule has 496 valence electrons. The molecule has 35 nitrogen and oxygen atoms in total. The molecule has 0 rings (SSSR count). The van der Waals surface area contributed by atoms with E-state index in [0.29, 0.717) is 12.8 Å². The quantitative estimate of drug-likeness (QED) is 0.0252. The summed E-state index contributed by atoms with van der Waals surface area (Å²) in [7, 11) is 0. The van der Waals surface area contributed by atoms with Gasteiger partial charge in [0.05, 0.1) is 19.3 Å². The minimum atomic E-state index is -1.99. The van der Waals surface area contributed by atoms with Gasteiger partial charge in [0.2, 0.25) is 88.6 Å². The van der Waals surface area contributed by atoms with Crippen molar-refractivity contribution in [3.05, 3.63) is 0 Å². The fourth-order valence-electron chi connectivity index (χ4n) is 8.21. The Morgan fingerprint density at radius 1 is 0.409 bits per heavy atom. The van der Waals surface area contributed by atoms with Crippen LogP contribution in [0, 0.1) is 11.8 Å². The molecular formula is C52H88N16O19S. The molecule has 11 atom stereocenters. The molecule has 0 aromatic carbocycles. The number of carboxylic acid groups (broad SMARTS) is 2. The summed E-state index contributed by atoms with van der Waals surface area (Å²) in [4.78, 5) is 220. The van der Waals surface area contributed by atoms with Crippen molar-refractivity contribution in [1.29, 1.82) is 0 Å². The molecule has 36 heteroatoms. The molecule has 0 aliphatic heterocycles. The van der Waals surface area contributed by atoms with E-state index >= 15 is 0 Å². The summed E-state index contributed by atoms with van der Waals surface area (Å²) in [6, 6.07) is -16.6. The van der Waals surface area contributed by atoms with Gasteiger partial charge in [0.25, 0.3) is 0 Å². The van der Waals surface area contributed by atoms with Crippen LogP contribution in [0.25, 0.3) is 0 Å². The van der Waals surface area contributed by atoms with Crippen LogP contribution in [0.15, 0.2) is 0 Å². The van der Waals surface area contributed by atoms with Crippen LogP contribution in [0.1, 0.15) is 131 Å². The molecule has 0 spiro atoms. The Kier molecular flexibility index (Phi) is 37.3. The Balaban J connectivity index is 6.99. The number of carboxylic acids is 2. The third-order valence-electron chi connectivity index (χ3n) is 13.0. The van der Waals surface area contributed by atoms with Crippen LogP contribution in [-0.2, 0) is 81.5 Å². The standard InChI is InChI=1S/C52H88N16O19S/c1-7-25(4)42(52(87)63-31(17-19-88-6)47(82)67-35(23-41(76)77)50(85)66-33(21-38(56)72)49(84)60-27(43(58)78)10-8-9-18-53)68-51(86)34(22-39(57)73)65-46(81)30(13-16-40(74)75)62-48(83)32(20-24(2)3)64-45(80)29(12-15-37(55)71)61-44(79)28(59-26(5)69)11-14-36(54)70/h24-25,27-35,42H,7-23,53H2,1-6H3,(H2,54,70)(H2,55,71)(H2,56,72)(H2,57,73)(H2,58,78)(H,59,69)(H,60,84)(H,61,79)(H,62,83)(H,63,87)(H,64,80)(H,65,81)(H,66,85)(H,67,82)(H,68,86)(H,74,75)(H,76,77)/t25-,27-,28-,29-,30-,31-,32-,33-,34-,35-,42-/m0/s1. The SMILES string of the molecule is CC[C@H](C)[C@H](NC(=O)[C@H](CC(N)=O)NC(=O)[C@H](CCC(=O)O)NC(=O)[C@H](CC(C)C)NC(=O)[C@H](CCC(N)=O)NC(=O)[C@H](CCC(N)=O)NC(C)=O)C(=O)N[C@@H](CCSC)C(=O)N[C@@H](CC(=O)O)C(=O)N[C@@H](CC(N)=O)C(=O)N[C@@H](CCCCN)C(N)=O. The molecule has 0 unspecified atom stereocenters. The van der Waals surface area contributed by atoms with Gasteiger partial charge in [-0.2, -0.15) is 11.8 Å². The Labute approximate surface area is 511 Å². The van der Waals surface area contributed by atoms with Crippen molar-refractivity contribution < 1.29 is 91.7 Å². The van der Waals surface area contributed by atoms with Gasteiger partial charge in [-0.1, -0.05) is 34.1 Å². The third-order valence-corrected chi connectivity index (χ3v) is 13.7. The Morgan fingerprint density at radius 3 is 1.15 bits per heavy atom. The predicted molar refractivity (Wildman–Crippen MR) is 313 cm³/mol. The molecule has 0 radical (unpaired) electrons. The predicted octanol–water partition coefficient (Wildman–Crippen LogP) is -7.06. The smallest absolute Gasteiger partial charge is 0.305 e. The molecule has 0 saturated carbocycles. The molecule has 24 N–H and O–H groups in total. The first kappa shape index (κ1) is 79.3. The van der Waals surface area contributed by atoms with E-state index in [4.69, 9.17) is 34.4 Å². The summed E-state index contributed by atoms with van der Waals surface area (Å²) >= 11 is 1.20. The Bertz CT molecular complexity index is 2510. The minimum Gasteiger partial charge on any atom is -0.481 e. The van der Waals surface area contributed by atoms with E-state index < -0.39 is 218 Å². The van der Waals surface area contributed by atoms with Crippen LogP contribution in [0.5, 0.6) is 0 Å². The second-order valence-corrected chi connectivity index (χ2v) is 22.1. The van der Waals surface area contributed by atoms with Gasteiger partial charge >= 0.3 is 11.9 Å². The lowest BCUT2D eigenvalue weighted by atomic mass is 9.97. The van der Waals surface area contributed by atoms with Crippen molar-refractivity contribution in [2.75, 3.05) is 18.6 Å². The highest BCUT2D eigenvalue weighted by molar-refractivity contribution is 7.98. The zero-order chi connectivity index (χ0) is 67.5. The van der Waals surface area contributed by atoms with Gasteiger partial charge < -0.3 is 97.8 Å². The molecule has 0 heterocycles. The monoisotopic (exact) mass is 1270 g/mol. The number of carbonyl (C=O) groups excluding carboxylic acids is 15. The zero-order valence-electron chi connectivity index (χ0n) is 50.2. The molecule has 0 fully saturated rings. The van der Waals surface area contributed by atoms with E-state index in [1.807, 2.05) is 0 Å². The first-order valence-electron chi connectivity index (χ1n) is 28.1. The van der Waals surface area contributed by atoms with Crippen LogP contribution in [0.3, 0.4) is 0 Å². The normalized spacial score (nSPS) is 14.7. The van der Waals surface area contributed by atoms with Crippen molar-refractivity contribution in [2.45, 2.75) is 191 Å². The number of primary amides is 5. The number of rotatable bonds is 46. The molecule has 0 saturated heterocycles. The number of nitrogens with two attached hydrogens (primary N) is 6. The lowest BCUT2D eigenvalue weighted by molar-refractivity contribution is -0.142. The van der Waals surface area contributed by atoms with E-state index in [2.05, 4.69) is 53.2 Å². The number of hydrogen-bond donors (Lipinski definition) is 18. The van der Waals surface area contributed by atoms with Crippen LogP contribution in [-0.4, -0.2) is 190 Å². The van der Waals surface area contributed by atoms with Gasteiger partial charge in [-0.05, 0) is 81.8 Å². The van der Waals surface area contributed by atoms with Gasteiger partial charge in [-0.15, -0.1) is 0 Å². The molecule has 0 aliphatic carbocycles. The van der Waals surface area contributed by atoms with Crippen LogP contribution in [0.4, 0.5) is 0 Å². The second kappa shape index (κ2) is 41.4. The van der Waals surface area contributed by atoms with Crippen LogP contribution in [0.2, 0.25) is 0 Å². The summed E-state index contributed by atoms with van der Waals surface area (Å²) in [5, 5.41) is 42.6. The number of thioether (sulfide) groups is 1. The lowest BCUT2D eigenvalue weighted by Crippen LogP contribution is -2.62. The van der Waals surface area contributed by atoms with Gasteiger partial charge in [0.1, 0.15) is 60.4 Å². The highest BCUT2D eigenvalue weighted by atomic mass is 32.2.